The highest BCUT2D eigenvalue weighted by atomic mass is 15.1. The molecule has 0 amide bonds. The number of hydrogen-bond acceptors (Lipinski definition) is 1. The van der Waals surface area contributed by atoms with Crippen molar-refractivity contribution in [1.29, 1.82) is 0 Å². The summed E-state index contributed by atoms with van der Waals surface area (Å²) >= 11 is 0. The summed E-state index contributed by atoms with van der Waals surface area (Å²) < 4.78 is 9.55. The zero-order chi connectivity index (χ0) is 39.3. The second-order valence-electron chi connectivity index (χ2n) is 15.6. The maximum atomic E-state index is 5.52. The van der Waals surface area contributed by atoms with Crippen LogP contribution in [-0.2, 0) is 0 Å². The predicted octanol–water partition coefficient (Wildman–Crippen LogP) is 14.0. The van der Waals surface area contributed by atoms with Crippen LogP contribution in [0.5, 0.6) is 0 Å². The number of para-hydroxylation sites is 6. The van der Waals surface area contributed by atoms with Crippen LogP contribution in [-0.4, -0.2) is 23.3 Å². The number of benzene rings is 9. The summed E-state index contributed by atoms with van der Waals surface area (Å²) in [5.74, 6) is 0.910. The average molecular weight is 766 g/mol. The second-order valence-corrected chi connectivity index (χ2v) is 15.6. The summed E-state index contributed by atoms with van der Waals surface area (Å²) in [6.07, 6.45) is 0. The van der Waals surface area contributed by atoms with Crippen molar-refractivity contribution in [3.05, 3.63) is 212 Å². The van der Waals surface area contributed by atoms with E-state index in [9.17, 15) is 0 Å². The minimum absolute atomic E-state index is 0.910. The fourth-order valence-corrected chi connectivity index (χ4v) is 9.82. The maximum absolute atomic E-state index is 5.52. The van der Waals surface area contributed by atoms with Gasteiger partial charge in [-0.05, 0) is 84.9 Å². The van der Waals surface area contributed by atoms with Crippen molar-refractivity contribution in [3.8, 4) is 34.1 Å². The molecule has 13 rings (SSSR count). The van der Waals surface area contributed by atoms with E-state index in [1.807, 2.05) is 0 Å². The Morgan fingerprint density at radius 1 is 0.267 bits per heavy atom. The Hall–Kier alpha value is -8.15. The summed E-state index contributed by atoms with van der Waals surface area (Å²) in [7, 11) is 0. The molecular formula is C55H35N5. The van der Waals surface area contributed by atoms with Crippen LogP contribution in [0.3, 0.4) is 0 Å². The van der Waals surface area contributed by atoms with E-state index >= 15 is 0 Å². The van der Waals surface area contributed by atoms with Crippen LogP contribution in [0.15, 0.2) is 212 Å². The van der Waals surface area contributed by atoms with Crippen LogP contribution in [0.25, 0.3) is 111 Å². The number of fused-ring (bicyclic) bond motifs is 10. The van der Waals surface area contributed by atoms with Crippen molar-refractivity contribution in [2.24, 2.45) is 0 Å². The zero-order valence-corrected chi connectivity index (χ0v) is 32.4. The minimum Gasteiger partial charge on any atom is -0.309 e. The van der Waals surface area contributed by atoms with Gasteiger partial charge in [0.05, 0.1) is 44.3 Å². The van der Waals surface area contributed by atoms with Crippen LogP contribution >= 0.6 is 0 Å². The van der Waals surface area contributed by atoms with Gasteiger partial charge in [0.1, 0.15) is 11.3 Å². The van der Waals surface area contributed by atoms with Crippen LogP contribution in [0.4, 0.5) is 0 Å². The molecule has 0 unspecified atom stereocenters. The van der Waals surface area contributed by atoms with Crippen molar-refractivity contribution >= 4 is 76.5 Å². The molecule has 0 radical (unpaired) electrons. The fraction of sp³-hybridized carbons (Fsp3) is 0. The van der Waals surface area contributed by atoms with Gasteiger partial charge in [-0.1, -0.05) is 127 Å². The number of imidazole rings is 1. The van der Waals surface area contributed by atoms with E-state index in [1.54, 1.807) is 0 Å². The van der Waals surface area contributed by atoms with Crippen molar-refractivity contribution < 1.29 is 0 Å². The summed E-state index contributed by atoms with van der Waals surface area (Å²) in [5, 5.41) is 7.35. The Morgan fingerprint density at radius 2 is 0.683 bits per heavy atom. The van der Waals surface area contributed by atoms with Gasteiger partial charge in [-0.2, -0.15) is 0 Å². The normalized spacial score (nSPS) is 12.0. The van der Waals surface area contributed by atoms with E-state index in [0.29, 0.717) is 0 Å². The van der Waals surface area contributed by atoms with Crippen molar-refractivity contribution in [3.63, 3.8) is 0 Å². The molecule has 0 aliphatic rings. The Morgan fingerprint density at radius 3 is 1.18 bits per heavy atom. The molecule has 0 saturated carbocycles. The third-order valence-corrected chi connectivity index (χ3v) is 12.4. The fourth-order valence-electron chi connectivity index (χ4n) is 9.82. The monoisotopic (exact) mass is 765 g/mol. The van der Waals surface area contributed by atoms with E-state index in [1.165, 1.54) is 54.4 Å². The zero-order valence-electron chi connectivity index (χ0n) is 32.4. The van der Waals surface area contributed by atoms with Gasteiger partial charge in [-0.15, -0.1) is 0 Å². The van der Waals surface area contributed by atoms with E-state index in [2.05, 4.69) is 231 Å². The average Bonchev–Trinajstić information content (AvgIpc) is 4.06. The van der Waals surface area contributed by atoms with Gasteiger partial charge in [0.2, 0.25) is 0 Å². The van der Waals surface area contributed by atoms with Gasteiger partial charge in [-0.25, -0.2) is 4.98 Å². The first-order valence-electron chi connectivity index (χ1n) is 20.5. The Bertz CT molecular complexity index is 3550. The summed E-state index contributed by atoms with van der Waals surface area (Å²) in [6.45, 7) is 0. The number of rotatable bonds is 5. The highest BCUT2D eigenvalue weighted by molar-refractivity contribution is 6.14. The van der Waals surface area contributed by atoms with E-state index in [4.69, 9.17) is 4.98 Å². The molecule has 5 heteroatoms. The molecule has 9 aromatic carbocycles. The summed E-state index contributed by atoms with van der Waals surface area (Å²) in [6, 6.07) is 76.6. The molecule has 4 aromatic heterocycles. The molecular weight excluding hydrogens is 731 g/mol. The second kappa shape index (κ2) is 12.7. The first-order chi connectivity index (χ1) is 29.8. The molecule has 13 aromatic rings. The Balaban J connectivity index is 1.13. The van der Waals surface area contributed by atoms with Crippen LogP contribution in [0, 0.1) is 0 Å². The lowest BCUT2D eigenvalue weighted by Crippen LogP contribution is -1.98. The van der Waals surface area contributed by atoms with Gasteiger partial charge in [-0.3, -0.25) is 4.57 Å². The molecule has 0 bridgehead atoms. The molecule has 4 heterocycles. The van der Waals surface area contributed by atoms with Gasteiger partial charge >= 0.3 is 0 Å². The Labute approximate surface area is 344 Å². The number of aromatic nitrogens is 5. The highest BCUT2D eigenvalue weighted by Gasteiger charge is 2.22. The molecule has 280 valence electrons. The van der Waals surface area contributed by atoms with E-state index < -0.39 is 0 Å². The van der Waals surface area contributed by atoms with Crippen molar-refractivity contribution in [2.45, 2.75) is 0 Å². The summed E-state index contributed by atoms with van der Waals surface area (Å²) in [5.41, 5.74) is 14.4. The maximum Gasteiger partial charge on any atom is 0.145 e. The van der Waals surface area contributed by atoms with Gasteiger partial charge in [0, 0.05) is 54.9 Å². The van der Waals surface area contributed by atoms with E-state index in [-0.39, 0.29) is 0 Å². The summed E-state index contributed by atoms with van der Waals surface area (Å²) in [4.78, 5) is 5.52. The van der Waals surface area contributed by atoms with E-state index in [0.717, 1.165) is 56.2 Å². The molecule has 0 fully saturated rings. The SMILES string of the molecule is c1ccc(-c2nc3c(-n4c5ccc(-n6c7ccccc7c7ccccc76)cc5c5cc(-n6c7ccccc7c7ccccc76)ccc54)cccc3n2-c2ccccc2)cc1. The molecule has 0 saturated heterocycles. The standard InChI is InChI=1S/C55H35N5/c1-3-16-36(17-4-1)55-56-54-52(59(55)37-18-5-2-6-19-37)28-15-29-53(54)60-50-32-30-38(57-46-24-11-7-20-40(46)41-21-8-12-25-47(41)57)34-44(50)45-35-39(31-33-51(45)60)58-48-26-13-9-22-42(48)43-23-10-14-27-49(43)58/h1-35H. The minimum atomic E-state index is 0.910. The molecule has 0 atom stereocenters. The third-order valence-electron chi connectivity index (χ3n) is 12.4. The lowest BCUT2D eigenvalue weighted by Gasteiger charge is -2.12. The molecule has 60 heavy (non-hydrogen) atoms. The van der Waals surface area contributed by atoms with Gasteiger partial charge in [0.15, 0.2) is 0 Å². The van der Waals surface area contributed by atoms with Gasteiger partial charge < -0.3 is 13.7 Å². The van der Waals surface area contributed by atoms with Crippen molar-refractivity contribution in [2.75, 3.05) is 0 Å². The van der Waals surface area contributed by atoms with Crippen molar-refractivity contribution in [1.82, 2.24) is 23.3 Å². The topological polar surface area (TPSA) is 32.6 Å². The van der Waals surface area contributed by atoms with Gasteiger partial charge in [0.25, 0.3) is 0 Å². The lowest BCUT2D eigenvalue weighted by atomic mass is 10.1. The lowest BCUT2D eigenvalue weighted by molar-refractivity contribution is 1.10. The largest absolute Gasteiger partial charge is 0.309 e. The first-order valence-corrected chi connectivity index (χ1v) is 20.5. The third kappa shape index (κ3) is 4.66. The predicted molar refractivity (Wildman–Crippen MR) is 250 cm³/mol. The molecule has 0 aliphatic heterocycles. The first kappa shape index (κ1) is 32.9. The number of nitrogens with zero attached hydrogens (tertiary/aromatic N) is 5. The molecule has 0 N–H and O–H groups in total. The highest BCUT2D eigenvalue weighted by Crippen LogP contribution is 2.41. The number of hydrogen-bond donors (Lipinski definition) is 0. The van der Waals surface area contributed by atoms with Crippen LogP contribution in [0.2, 0.25) is 0 Å². The quantitative estimate of drug-likeness (QED) is 0.172. The van der Waals surface area contributed by atoms with Crippen LogP contribution in [0.1, 0.15) is 0 Å². The molecule has 0 aliphatic carbocycles. The Kier molecular flexibility index (Phi) is 6.95. The molecule has 5 nitrogen and oxygen atoms in total. The molecule has 0 spiro atoms. The smallest absolute Gasteiger partial charge is 0.145 e. The van der Waals surface area contributed by atoms with Crippen LogP contribution < -0.4 is 0 Å².